The third-order valence-corrected chi connectivity index (χ3v) is 2.91. The Kier molecular flexibility index (Phi) is 6.21. The van der Waals surface area contributed by atoms with Gasteiger partial charge in [0.1, 0.15) is 18.1 Å². The molecule has 0 saturated heterocycles. The van der Waals surface area contributed by atoms with Crippen LogP contribution in [0.3, 0.4) is 0 Å². The van der Waals surface area contributed by atoms with Crippen molar-refractivity contribution in [1.82, 2.24) is 0 Å². The topological polar surface area (TPSA) is 61.8 Å². The van der Waals surface area contributed by atoms with Gasteiger partial charge in [-0.3, -0.25) is 9.59 Å². The summed E-state index contributed by atoms with van der Waals surface area (Å²) >= 11 is 0. The molecule has 1 aromatic rings. The fraction of sp³-hybridized carbons (Fsp3) is 0.500. The van der Waals surface area contributed by atoms with Gasteiger partial charge in [-0.1, -0.05) is 6.92 Å². The van der Waals surface area contributed by atoms with E-state index in [4.69, 9.17) is 14.2 Å². The Morgan fingerprint density at radius 2 is 2.00 bits per heavy atom. The first-order valence-corrected chi connectivity index (χ1v) is 6.88. The molecule has 21 heavy (non-hydrogen) atoms. The van der Waals surface area contributed by atoms with E-state index >= 15 is 0 Å². The lowest BCUT2D eigenvalue weighted by Crippen LogP contribution is -2.32. The number of rotatable bonds is 8. The molecule has 0 aliphatic carbocycles. The molecule has 0 radical (unpaired) electrons. The molecular weight excluding hydrogens is 272 g/mol. The van der Waals surface area contributed by atoms with Crippen LogP contribution in [0.5, 0.6) is 11.5 Å². The highest BCUT2D eigenvalue weighted by molar-refractivity contribution is 5.80. The molecule has 1 aromatic carbocycles. The summed E-state index contributed by atoms with van der Waals surface area (Å²) < 4.78 is 15.9. The van der Waals surface area contributed by atoms with E-state index < -0.39 is 5.41 Å². The Hall–Kier alpha value is -2.04. The van der Waals surface area contributed by atoms with E-state index in [9.17, 15) is 9.59 Å². The van der Waals surface area contributed by atoms with Crippen molar-refractivity contribution in [1.29, 1.82) is 0 Å². The second-order valence-corrected chi connectivity index (χ2v) is 5.33. The van der Waals surface area contributed by atoms with Crippen LogP contribution in [0.15, 0.2) is 18.2 Å². The van der Waals surface area contributed by atoms with E-state index in [0.29, 0.717) is 30.0 Å². The zero-order valence-corrected chi connectivity index (χ0v) is 13.0. The molecule has 0 spiro atoms. The third kappa shape index (κ3) is 4.77. The summed E-state index contributed by atoms with van der Waals surface area (Å²) in [4.78, 5) is 22.7. The minimum Gasteiger partial charge on any atom is -0.493 e. The minimum absolute atomic E-state index is 0.109. The molecule has 0 fully saturated rings. The van der Waals surface area contributed by atoms with Gasteiger partial charge in [-0.15, -0.1) is 0 Å². The van der Waals surface area contributed by atoms with Crippen LogP contribution in [0.25, 0.3) is 0 Å². The summed E-state index contributed by atoms with van der Waals surface area (Å²) in [5, 5.41) is 0. The lowest BCUT2D eigenvalue weighted by Gasteiger charge is -2.22. The molecular formula is C16H22O5. The molecule has 0 atom stereocenters. The highest BCUT2D eigenvalue weighted by atomic mass is 16.5. The average Bonchev–Trinajstić information content (AvgIpc) is 2.50. The predicted molar refractivity (Wildman–Crippen MR) is 78.9 cm³/mol. The molecule has 0 heterocycles. The van der Waals surface area contributed by atoms with Gasteiger partial charge in [0.2, 0.25) is 0 Å². The van der Waals surface area contributed by atoms with Crippen LogP contribution in [0, 0.1) is 5.41 Å². The molecule has 0 bridgehead atoms. The van der Waals surface area contributed by atoms with Crippen molar-refractivity contribution >= 4 is 12.3 Å². The Morgan fingerprint density at radius 3 is 2.57 bits per heavy atom. The first kappa shape index (κ1) is 17.0. The molecule has 0 aromatic heterocycles. The molecule has 5 heteroatoms. The van der Waals surface area contributed by atoms with Crippen LogP contribution in [-0.2, 0) is 9.53 Å². The monoisotopic (exact) mass is 294 g/mol. The molecule has 0 N–H and O–H groups in total. The molecule has 116 valence electrons. The number of aldehydes is 1. The predicted octanol–water partition coefficient (Wildman–Crippen LogP) is 2.87. The summed E-state index contributed by atoms with van der Waals surface area (Å²) in [6, 6.07) is 5.02. The van der Waals surface area contributed by atoms with Crippen molar-refractivity contribution in [2.75, 3.05) is 20.3 Å². The van der Waals surface area contributed by atoms with Crippen LogP contribution in [0.1, 0.15) is 37.6 Å². The van der Waals surface area contributed by atoms with E-state index in [1.165, 1.54) is 7.11 Å². The first-order chi connectivity index (χ1) is 9.94. The number of methoxy groups -OCH3 is 1. The second kappa shape index (κ2) is 7.67. The van der Waals surface area contributed by atoms with E-state index in [1.807, 2.05) is 6.92 Å². The number of ether oxygens (including phenoxy) is 3. The quantitative estimate of drug-likeness (QED) is 0.545. The molecule has 0 aliphatic rings. The first-order valence-electron chi connectivity index (χ1n) is 6.88. The summed E-state index contributed by atoms with van der Waals surface area (Å²) in [6.45, 7) is 6.15. The van der Waals surface area contributed by atoms with Crippen LogP contribution >= 0.6 is 0 Å². The van der Waals surface area contributed by atoms with Gasteiger partial charge >= 0.3 is 5.97 Å². The van der Waals surface area contributed by atoms with Crippen LogP contribution in [-0.4, -0.2) is 32.6 Å². The fourth-order valence-electron chi connectivity index (χ4n) is 1.64. The van der Waals surface area contributed by atoms with Crippen LogP contribution in [0.4, 0.5) is 0 Å². The van der Waals surface area contributed by atoms with Crippen molar-refractivity contribution in [3.63, 3.8) is 0 Å². The van der Waals surface area contributed by atoms with Crippen LogP contribution < -0.4 is 9.47 Å². The van der Waals surface area contributed by atoms with E-state index in [-0.39, 0.29) is 12.6 Å². The van der Waals surface area contributed by atoms with Gasteiger partial charge in [-0.2, -0.15) is 0 Å². The van der Waals surface area contributed by atoms with Crippen LogP contribution in [0.2, 0.25) is 0 Å². The van der Waals surface area contributed by atoms with Gasteiger partial charge in [0.15, 0.2) is 6.29 Å². The Balaban J connectivity index is 2.85. The van der Waals surface area contributed by atoms with Crippen molar-refractivity contribution in [3.05, 3.63) is 23.8 Å². The van der Waals surface area contributed by atoms with E-state index in [0.717, 1.165) is 6.42 Å². The van der Waals surface area contributed by atoms with Crippen molar-refractivity contribution < 1.29 is 23.8 Å². The fourth-order valence-corrected chi connectivity index (χ4v) is 1.64. The zero-order chi connectivity index (χ0) is 15.9. The van der Waals surface area contributed by atoms with Crippen molar-refractivity contribution in [2.24, 2.45) is 5.41 Å². The van der Waals surface area contributed by atoms with Gasteiger partial charge in [-0.05, 0) is 32.4 Å². The zero-order valence-electron chi connectivity index (χ0n) is 13.0. The van der Waals surface area contributed by atoms with E-state index in [2.05, 4.69) is 0 Å². The number of carbonyl (C=O) groups is 2. The standard InChI is InChI=1S/C16H22O5/c1-5-8-20-13-7-6-12(10-17)14(9-13)21-11-16(2,3)15(18)19-4/h6-7,9-10H,5,8,11H2,1-4H3. The van der Waals surface area contributed by atoms with Gasteiger partial charge in [0.05, 0.1) is 24.7 Å². The largest absolute Gasteiger partial charge is 0.493 e. The maximum Gasteiger partial charge on any atom is 0.314 e. The number of carbonyl (C=O) groups excluding carboxylic acids is 2. The summed E-state index contributed by atoms with van der Waals surface area (Å²) in [6.07, 6.45) is 1.60. The maximum absolute atomic E-state index is 11.6. The summed E-state index contributed by atoms with van der Waals surface area (Å²) in [5.74, 6) is 0.664. The van der Waals surface area contributed by atoms with Gasteiger partial charge in [-0.25, -0.2) is 0 Å². The molecule has 1 rings (SSSR count). The molecule has 0 saturated carbocycles. The maximum atomic E-state index is 11.6. The highest BCUT2D eigenvalue weighted by Gasteiger charge is 2.30. The number of esters is 1. The average molecular weight is 294 g/mol. The van der Waals surface area contributed by atoms with Crippen molar-refractivity contribution in [2.45, 2.75) is 27.2 Å². The van der Waals surface area contributed by atoms with Gasteiger partial charge < -0.3 is 14.2 Å². The molecule has 5 nitrogen and oxygen atoms in total. The minimum atomic E-state index is -0.796. The normalized spacial score (nSPS) is 10.9. The molecule has 0 aliphatic heterocycles. The Labute approximate surface area is 125 Å². The highest BCUT2D eigenvalue weighted by Crippen LogP contribution is 2.26. The van der Waals surface area contributed by atoms with Gasteiger partial charge in [0.25, 0.3) is 0 Å². The Morgan fingerprint density at radius 1 is 1.29 bits per heavy atom. The SMILES string of the molecule is CCCOc1ccc(C=O)c(OCC(C)(C)C(=O)OC)c1. The number of hydrogen-bond acceptors (Lipinski definition) is 5. The molecule has 0 unspecified atom stereocenters. The summed E-state index contributed by atoms with van der Waals surface area (Å²) in [7, 11) is 1.33. The smallest absolute Gasteiger partial charge is 0.314 e. The van der Waals surface area contributed by atoms with Gasteiger partial charge in [0, 0.05) is 6.07 Å². The lowest BCUT2D eigenvalue weighted by atomic mass is 9.95. The number of hydrogen-bond donors (Lipinski definition) is 0. The van der Waals surface area contributed by atoms with Crippen molar-refractivity contribution in [3.8, 4) is 11.5 Å². The van der Waals surface area contributed by atoms with E-state index in [1.54, 1.807) is 32.0 Å². The summed E-state index contributed by atoms with van der Waals surface area (Å²) in [5.41, 5.74) is -0.380. The third-order valence-electron chi connectivity index (χ3n) is 2.91. The lowest BCUT2D eigenvalue weighted by molar-refractivity contribution is -0.152. The molecule has 0 amide bonds. The second-order valence-electron chi connectivity index (χ2n) is 5.33. The Bertz CT molecular complexity index is 493. The number of benzene rings is 1.